The molecule has 0 saturated carbocycles. The Morgan fingerprint density at radius 1 is 1.00 bits per heavy atom. The molecule has 1 aromatic heterocycles. The molecule has 2 fully saturated rings. The third-order valence-electron chi connectivity index (χ3n) is 5.79. The van der Waals surface area contributed by atoms with Gasteiger partial charge in [0.25, 0.3) is 0 Å². The van der Waals surface area contributed by atoms with Crippen molar-refractivity contribution in [3.8, 4) is 0 Å². The molecule has 0 aliphatic carbocycles. The number of hydrogen-bond acceptors (Lipinski definition) is 3. The second-order valence-corrected chi connectivity index (χ2v) is 7.50. The lowest BCUT2D eigenvalue weighted by molar-refractivity contribution is -0.377. The number of hydrogen-bond donors (Lipinski definition) is 0. The van der Waals surface area contributed by atoms with E-state index in [9.17, 15) is 9.59 Å². The highest BCUT2D eigenvalue weighted by Crippen LogP contribution is 2.27. The summed E-state index contributed by atoms with van der Waals surface area (Å²) < 4.78 is 0. The van der Waals surface area contributed by atoms with E-state index < -0.39 is 0 Å². The summed E-state index contributed by atoms with van der Waals surface area (Å²) in [5.41, 5.74) is 3.31. The molecule has 2 aliphatic heterocycles. The van der Waals surface area contributed by atoms with Crippen LogP contribution in [0.3, 0.4) is 0 Å². The first-order valence-electron chi connectivity index (χ1n) is 10.0. The van der Waals surface area contributed by atoms with Crippen molar-refractivity contribution in [2.45, 2.75) is 19.8 Å². The van der Waals surface area contributed by atoms with Gasteiger partial charge in [-0.15, -0.1) is 0 Å². The zero-order valence-corrected chi connectivity index (χ0v) is 16.3. The number of rotatable bonds is 4. The van der Waals surface area contributed by atoms with Gasteiger partial charge in [0.1, 0.15) is 0 Å². The molecule has 2 saturated heterocycles. The molecule has 1 atom stereocenters. The number of nitrogens with one attached hydrogen (secondary N) is 1. The van der Waals surface area contributed by atoms with Crippen molar-refractivity contribution in [1.82, 2.24) is 4.90 Å². The Kier molecular flexibility index (Phi) is 5.28. The zero-order chi connectivity index (χ0) is 19.5. The summed E-state index contributed by atoms with van der Waals surface area (Å²) in [6.45, 7) is 5.64. The van der Waals surface area contributed by atoms with Crippen molar-refractivity contribution < 1.29 is 14.6 Å². The van der Waals surface area contributed by atoms with Crippen LogP contribution in [0.2, 0.25) is 0 Å². The Labute approximate surface area is 165 Å². The number of carbonyl (C=O) groups excluding carboxylic acids is 2. The van der Waals surface area contributed by atoms with Crippen LogP contribution >= 0.6 is 0 Å². The summed E-state index contributed by atoms with van der Waals surface area (Å²) in [5, 5.41) is 0. The van der Waals surface area contributed by atoms with Gasteiger partial charge in [-0.2, -0.15) is 0 Å². The fourth-order valence-corrected chi connectivity index (χ4v) is 4.07. The van der Waals surface area contributed by atoms with Gasteiger partial charge in [0, 0.05) is 62.7 Å². The summed E-state index contributed by atoms with van der Waals surface area (Å²) in [6.07, 6.45) is 5.11. The second kappa shape index (κ2) is 8.00. The van der Waals surface area contributed by atoms with Gasteiger partial charge in [-0.25, -0.2) is 4.98 Å². The Morgan fingerprint density at radius 2 is 1.68 bits per heavy atom. The number of benzene rings is 1. The lowest BCUT2D eigenvalue weighted by atomic mass is 10.1. The smallest absolute Gasteiger partial charge is 0.228 e. The molecule has 6 heteroatoms. The van der Waals surface area contributed by atoms with Crippen LogP contribution in [0.25, 0.3) is 0 Å². The van der Waals surface area contributed by atoms with Crippen LogP contribution in [-0.2, 0) is 16.0 Å². The number of aryl methyl sites for hydroxylation is 1. The lowest BCUT2D eigenvalue weighted by Crippen LogP contribution is -2.50. The predicted octanol–water partition coefficient (Wildman–Crippen LogP) is 1.76. The minimum atomic E-state index is -0.240. The minimum Gasteiger partial charge on any atom is -0.368 e. The summed E-state index contributed by atoms with van der Waals surface area (Å²) >= 11 is 0. The van der Waals surface area contributed by atoms with E-state index in [1.54, 1.807) is 4.90 Å². The molecule has 1 N–H and O–H groups in total. The molecule has 146 valence electrons. The van der Waals surface area contributed by atoms with Crippen molar-refractivity contribution in [2.24, 2.45) is 5.92 Å². The SMILES string of the molecule is CCc1ccc(N2C[C@H](C(=O)N3CCN(c4cc[nH+]cc4)CC3)CC2=O)cc1. The highest BCUT2D eigenvalue weighted by molar-refractivity contribution is 6.00. The quantitative estimate of drug-likeness (QED) is 0.813. The molecule has 2 aliphatic rings. The van der Waals surface area contributed by atoms with Crippen molar-refractivity contribution in [3.63, 3.8) is 0 Å². The monoisotopic (exact) mass is 379 g/mol. The van der Waals surface area contributed by atoms with Crippen molar-refractivity contribution >= 4 is 23.2 Å². The van der Waals surface area contributed by atoms with Crippen LogP contribution in [-0.4, -0.2) is 49.4 Å². The molecule has 2 amide bonds. The maximum atomic E-state index is 13.0. The average Bonchev–Trinajstić information content (AvgIpc) is 3.15. The van der Waals surface area contributed by atoms with Crippen molar-refractivity contribution in [2.75, 3.05) is 42.5 Å². The normalized spacial score (nSPS) is 20.0. The van der Waals surface area contributed by atoms with E-state index in [0.717, 1.165) is 25.2 Å². The maximum absolute atomic E-state index is 13.0. The van der Waals surface area contributed by atoms with E-state index in [1.807, 2.05) is 29.4 Å². The van der Waals surface area contributed by atoms with Gasteiger partial charge in [-0.3, -0.25) is 9.59 Å². The van der Waals surface area contributed by atoms with Gasteiger partial charge in [0.15, 0.2) is 12.4 Å². The van der Waals surface area contributed by atoms with Gasteiger partial charge in [0.05, 0.1) is 5.92 Å². The van der Waals surface area contributed by atoms with Crippen molar-refractivity contribution in [3.05, 3.63) is 54.4 Å². The Bertz CT molecular complexity index is 829. The molecular weight excluding hydrogens is 352 g/mol. The number of aromatic nitrogens is 1. The number of nitrogens with zero attached hydrogens (tertiary/aromatic N) is 3. The van der Waals surface area contributed by atoms with Crippen LogP contribution in [0.4, 0.5) is 11.4 Å². The Balaban J connectivity index is 1.36. The number of piperazine rings is 1. The number of carbonyl (C=O) groups is 2. The molecule has 1 aromatic carbocycles. The number of H-pyrrole nitrogens is 1. The lowest BCUT2D eigenvalue weighted by Gasteiger charge is -2.36. The molecule has 2 aromatic rings. The third-order valence-corrected chi connectivity index (χ3v) is 5.79. The van der Waals surface area contributed by atoms with Gasteiger partial charge in [-0.1, -0.05) is 19.1 Å². The largest absolute Gasteiger partial charge is 0.368 e. The predicted molar refractivity (Wildman–Crippen MR) is 108 cm³/mol. The third kappa shape index (κ3) is 3.72. The summed E-state index contributed by atoms with van der Waals surface area (Å²) in [4.78, 5) is 34.5. The number of anilines is 2. The molecule has 0 radical (unpaired) electrons. The summed E-state index contributed by atoms with van der Waals surface area (Å²) in [7, 11) is 0. The van der Waals surface area contributed by atoms with Crippen LogP contribution in [0.5, 0.6) is 0 Å². The first-order chi connectivity index (χ1) is 13.7. The van der Waals surface area contributed by atoms with Crippen molar-refractivity contribution in [1.29, 1.82) is 0 Å². The molecule has 28 heavy (non-hydrogen) atoms. The van der Waals surface area contributed by atoms with Crippen LogP contribution in [0.15, 0.2) is 48.8 Å². The van der Waals surface area contributed by atoms with Crippen LogP contribution in [0, 0.1) is 5.92 Å². The highest BCUT2D eigenvalue weighted by atomic mass is 16.2. The average molecular weight is 379 g/mol. The van der Waals surface area contributed by atoms with E-state index in [-0.39, 0.29) is 17.7 Å². The molecule has 6 nitrogen and oxygen atoms in total. The van der Waals surface area contributed by atoms with Gasteiger partial charge in [-0.05, 0) is 24.1 Å². The number of amides is 2. The first kappa shape index (κ1) is 18.5. The molecule has 3 heterocycles. The molecule has 0 unspecified atom stereocenters. The van der Waals surface area contributed by atoms with Crippen LogP contribution in [0.1, 0.15) is 18.9 Å². The van der Waals surface area contributed by atoms with Gasteiger partial charge in [0.2, 0.25) is 11.8 Å². The standard InChI is InChI=1S/C22H26N4O2/c1-2-17-3-5-20(6-4-17)26-16-18(15-21(26)27)22(28)25-13-11-24(12-14-25)19-7-9-23-10-8-19/h3-10,18H,2,11-16H2,1H3/p+1/t18-/m1/s1. The molecule has 0 bridgehead atoms. The molecule has 4 rings (SSSR count). The minimum absolute atomic E-state index is 0.0433. The van der Waals surface area contributed by atoms with E-state index >= 15 is 0 Å². The van der Waals surface area contributed by atoms with E-state index in [1.165, 1.54) is 11.3 Å². The second-order valence-electron chi connectivity index (χ2n) is 7.50. The topological polar surface area (TPSA) is 58.0 Å². The Hall–Kier alpha value is -2.89. The Morgan fingerprint density at radius 3 is 2.32 bits per heavy atom. The number of aromatic amines is 1. The molecular formula is C22H27N4O2+. The fraction of sp³-hybridized carbons (Fsp3) is 0.409. The fourth-order valence-electron chi connectivity index (χ4n) is 4.07. The maximum Gasteiger partial charge on any atom is 0.228 e. The van der Waals surface area contributed by atoms with E-state index in [4.69, 9.17) is 0 Å². The summed E-state index contributed by atoms with van der Waals surface area (Å²) in [5.74, 6) is -0.0833. The molecule has 0 spiro atoms. The van der Waals surface area contributed by atoms with E-state index in [0.29, 0.717) is 26.1 Å². The first-order valence-corrected chi connectivity index (χ1v) is 10.0. The van der Waals surface area contributed by atoms with Gasteiger partial charge >= 0.3 is 0 Å². The van der Waals surface area contributed by atoms with Gasteiger partial charge < -0.3 is 14.7 Å². The van der Waals surface area contributed by atoms with E-state index in [2.05, 4.69) is 41.1 Å². The highest BCUT2D eigenvalue weighted by Gasteiger charge is 2.37. The van der Waals surface area contributed by atoms with Crippen LogP contribution < -0.4 is 14.8 Å². The zero-order valence-electron chi connectivity index (χ0n) is 16.3. The number of pyridine rings is 1. The summed E-state index contributed by atoms with van der Waals surface area (Å²) in [6, 6.07) is 12.2.